The lowest BCUT2D eigenvalue weighted by atomic mass is 10.2. The summed E-state index contributed by atoms with van der Waals surface area (Å²) >= 11 is 0. The van der Waals surface area contributed by atoms with Gasteiger partial charge in [-0.15, -0.1) is 0 Å². The zero-order valence-electron chi connectivity index (χ0n) is 7.26. The fourth-order valence-corrected chi connectivity index (χ4v) is 0.686. The van der Waals surface area contributed by atoms with Gasteiger partial charge in [-0.05, 0) is 13.0 Å². The number of rotatable bonds is 8. The van der Waals surface area contributed by atoms with E-state index in [1.807, 2.05) is 0 Å². The van der Waals surface area contributed by atoms with Gasteiger partial charge in [0, 0.05) is 0 Å². The van der Waals surface area contributed by atoms with Gasteiger partial charge >= 0.3 is 0 Å². The van der Waals surface area contributed by atoms with Gasteiger partial charge in [0.2, 0.25) is 0 Å². The van der Waals surface area contributed by atoms with Crippen molar-refractivity contribution in [1.82, 2.24) is 5.32 Å². The second-order valence-corrected chi connectivity index (χ2v) is 2.20. The average Bonchev–Trinajstić information content (AvgIpc) is 2.03. The summed E-state index contributed by atoms with van der Waals surface area (Å²) in [6, 6.07) is 0. The van der Waals surface area contributed by atoms with Gasteiger partial charge in [0.25, 0.3) is 0 Å². The van der Waals surface area contributed by atoms with Crippen molar-refractivity contribution in [3.63, 3.8) is 0 Å². The van der Waals surface area contributed by atoms with Crippen LogP contribution in [0.3, 0.4) is 0 Å². The number of hydrogen-bond donors (Lipinski definition) is 1. The quantitative estimate of drug-likeness (QED) is 0.253. The van der Waals surface area contributed by atoms with Crippen LogP contribution in [0.4, 0.5) is 0 Å². The van der Waals surface area contributed by atoms with Crippen molar-refractivity contribution in [2.24, 2.45) is 0 Å². The van der Waals surface area contributed by atoms with E-state index in [2.05, 4.69) is 27.1 Å². The summed E-state index contributed by atoms with van der Waals surface area (Å²) < 4.78 is 0. The molecule has 0 radical (unpaired) electrons. The van der Waals surface area contributed by atoms with Crippen LogP contribution in [-0.2, 0) is 14.8 Å². The first-order valence-corrected chi connectivity index (χ1v) is 3.94. The van der Waals surface area contributed by atoms with Crippen molar-refractivity contribution in [2.45, 2.75) is 26.2 Å². The summed E-state index contributed by atoms with van der Waals surface area (Å²) in [7, 11) is 1.40. The van der Waals surface area contributed by atoms with Gasteiger partial charge in [0.1, 0.15) is 6.73 Å². The first-order valence-electron chi connectivity index (χ1n) is 3.94. The highest BCUT2D eigenvalue weighted by Gasteiger charge is 1.87. The molecule has 0 saturated carbocycles. The van der Waals surface area contributed by atoms with E-state index in [-0.39, 0.29) is 0 Å². The fraction of sp³-hybridized carbons (Fsp3) is 1.00. The Labute approximate surface area is 67.7 Å². The maximum Gasteiger partial charge on any atom is 0.136 e. The standard InChI is InChI=1S/C7H17NO3/c1-3-4-5-6-8-7-10-11-9-2/h8H,3-7H2,1-2H3. The molecule has 0 atom stereocenters. The molecule has 0 saturated heterocycles. The van der Waals surface area contributed by atoms with E-state index >= 15 is 0 Å². The Morgan fingerprint density at radius 3 is 2.73 bits per heavy atom. The van der Waals surface area contributed by atoms with Crippen LogP contribution in [0.2, 0.25) is 0 Å². The molecule has 0 aliphatic heterocycles. The molecule has 0 heterocycles. The molecule has 0 unspecified atom stereocenters. The van der Waals surface area contributed by atoms with Crippen LogP contribution in [0, 0.1) is 0 Å². The Balaban J connectivity index is 2.69. The van der Waals surface area contributed by atoms with Gasteiger partial charge < -0.3 is 0 Å². The summed E-state index contributed by atoms with van der Waals surface area (Å²) in [5.74, 6) is 0. The van der Waals surface area contributed by atoms with Crippen molar-refractivity contribution in [3.05, 3.63) is 0 Å². The summed E-state index contributed by atoms with van der Waals surface area (Å²) in [4.78, 5) is 8.74. The van der Waals surface area contributed by atoms with E-state index < -0.39 is 0 Å². The van der Waals surface area contributed by atoms with E-state index in [0.717, 1.165) is 6.54 Å². The molecular weight excluding hydrogens is 146 g/mol. The maximum absolute atomic E-state index is 4.53. The molecule has 4 heteroatoms. The van der Waals surface area contributed by atoms with Crippen LogP contribution in [0.25, 0.3) is 0 Å². The Morgan fingerprint density at radius 1 is 1.27 bits per heavy atom. The lowest BCUT2D eigenvalue weighted by Gasteiger charge is -2.02. The van der Waals surface area contributed by atoms with Crippen LogP contribution >= 0.6 is 0 Å². The second kappa shape index (κ2) is 9.84. The van der Waals surface area contributed by atoms with Crippen LogP contribution in [0.15, 0.2) is 0 Å². The van der Waals surface area contributed by atoms with Gasteiger partial charge in [-0.1, -0.05) is 24.8 Å². The van der Waals surface area contributed by atoms with Crippen molar-refractivity contribution in [3.8, 4) is 0 Å². The first kappa shape index (κ1) is 10.8. The van der Waals surface area contributed by atoms with Crippen LogP contribution in [0.5, 0.6) is 0 Å². The minimum absolute atomic E-state index is 0.373. The Bertz CT molecular complexity index is 62.7. The predicted molar refractivity (Wildman–Crippen MR) is 41.6 cm³/mol. The zero-order chi connectivity index (χ0) is 8.36. The minimum Gasteiger partial charge on any atom is -0.292 e. The lowest BCUT2D eigenvalue weighted by molar-refractivity contribution is -0.504. The Kier molecular flexibility index (Phi) is 9.70. The van der Waals surface area contributed by atoms with Crippen LogP contribution in [0.1, 0.15) is 26.2 Å². The van der Waals surface area contributed by atoms with Gasteiger partial charge in [-0.3, -0.25) is 5.32 Å². The molecule has 68 valence electrons. The van der Waals surface area contributed by atoms with Crippen LogP contribution < -0.4 is 5.32 Å². The number of unbranched alkanes of at least 4 members (excludes halogenated alkanes) is 2. The molecule has 0 aromatic carbocycles. The van der Waals surface area contributed by atoms with Crippen molar-refractivity contribution in [2.75, 3.05) is 20.4 Å². The molecule has 0 aromatic rings. The molecule has 0 rings (SSSR count). The second-order valence-electron chi connectivity index (χ2n) is 2.20. The first-order chi connectivity index (χ1) is 5.41. The van der Waals surface area contributed by atoms with E-state index in [4.69, 9.17) is 0 Å². The molecule has 11 heavy (non-hydrogen) atoms. The minimum atomic E-state index is 0.373. The molecule has 1 N–H and O–H groups in total. The molecule has 4 nitrogen and oxygen atoms in total. The normalized spacial score (nSPS) is 10.4. The summed E-state index contributed by atoms with van der Waals surface area (Å²) in [5, 5.41) is 7.21. The number of nitrogens with one attached hydrogen (secondary N) is 1. The van der Waals surface area contributed by atoms with Crippen molar-refractivity contribution in [1.29, 1.82) is 0 Å². The Morgan fingerprint density at radius 2 is 2.09 bits per heavy atom. The van der Waals surface area contributed by atoms with E-state index in [9.17, 15) is 0 Å². The SMILES string of the molecule is CCCCCNCOOOC. The summed E-state index contributed by atoms with van der Waals surface area (Å²) in [5.41, 5.74) is 0. The van der Waals surface area contributed by atoms with E-state index in [1.165, 1.54) is 26.4 Å². The third kappa shape index (κ3) is 9.84. The third-order valence-corrected chi connectivity index (χ3v) is 1.23. The average molecular weight is 163 g/mol. The topological polar surface area (TPSA) is 39.7 Å². The highest BCUT2D eigenvalue weighted by molar-refractivity contribution is 4.40. The largest absolute Gasteiger partial charge is 0.292 e. The Hall–Kier alpha value is -0.160. The molecule has 0 aliphatic carbocycles. The number of hydrogen-bond acceptors (Lipinski definition) is 4. The fourth-order valence-electron chi connectivity index (χ4n) is 0.686. The third-order valence-electron chi connectivity index (χ3n) is 1.23. The molecule has 0 aromatic heterocycles. The zero-order valence-corrected chi connectivity index (χ0v) is 7.26. The molecule has 0 fully saturated rings. The summed E-state index contributed by atoms with van der Waals surface area (Å²) in [6.07, 6.45) is 3.65. The molecule has 0 amide bonds. The predicted octanol–water partition coefficient (Wildman–Crippen LogP) is 1.23. The molecular formula is C7H17NO3. The highest BCUT2D eigenvalue weighted by Crippen LogP contribution is 1.90. The van der Waals surface area contributed by atoms with E-state index in [1.54, 1.807) is 0 Å². The van der Waals surface area contributed by atoms with Crippen molar-refractivity contribution >= 4 is 0 Å². The van der Waals surface area contributed by atoms with Gasteiger partial charge in [-0.2, -0.15) is 4.89 Å². The molecule has 0 bridgehead atoms. The lowest BCUT2D eigenvalue weighted by Crippen LogP contribution is -2.19. The molecule has 0 aliphatic rings. The van der Waals surface area contributed by atoms with Gasteiger partial charge in [0.15, 0.2) is 0 Å². The van der Waals surface area contributed by atoms with Crippen molar-refractivity contribution < 1.29 is 14.8 Å². The monoisotopic (exact) mass is 163 g/mol. The maximum atomic E-state index is 4.53. The summed E-state index contributed by atoms with van der Waals surface area (Å²) in [6.45, 7) is 3.50. The highest BCUT2D eigenvalue weighted by atomic mass is 17.5. The van der Waals surface area contributed by atoms with Gasteiger partial charge in [0.05, 0.1) is 7.11 Å². The van der Waals surface area contributed by atoms with Crippen LogP contribution in [-0.4, -0.2) is 20.4 Å². The van der Waals surface area contributed by atoms with Gasteiger partial charge in [-0.25, -0.2) is 4.89 Å². The van der Waals surface area contributed by atoms with E-state index in [0.29, 0.717) is 6.73 Å². The smallest absolute Gasteiger partial charge is 0.136 e. The molecule has 0 spiro atoms.